The van der Waals surface area contributed by atoms with E-state index in [0.717, 1.165) is 5.56 Å². The van der Waals surface area contributed by atoms with E-state index in [0.29, 0.717) is 5.02 Å². The maximum Gasteiger partial charge on any atom is 0.237 e. The summed E-state index contributed by atoms with van der Waals surface area (Å²) < 4.78 is 0. The van der Waals surface area contributed by atoms with E-state index >= 15 is 0 Å². The van der Waals surface area contributed by atoms with Gasteiger partial charge in [0, 0.05) is 12.1 Å². The molecule has 0 bridgehead atoms. The van der Waals surface area contributed by atoms with Gasteiger partial charge in [0.2, 0.25) is 5.91 Å². The van der Waals surface area contributed by atoms with Crippen molar-refractivity contribution in [2.45, 2.75) is 13.0 Å². The summed E-state index contributed by atoms with van der Waals surface area (Å²) in [6.45, 7) is 1.92. The Morgan fingerprint density at radius 1 is 1.47 bits per heavy atom. The summed E-state index contributed by atoms with van der Waals surface area (Å²) in [5.41, 5.74) is 0.931. The summed E-state index contributed by atoms with van der Waals surface area (Å²) in [6, 6.07) is 7.42. The molecule has 2 nitrogen and oxygen atoms in total. The predicted molar refractivity (Wildman–Crippen MR) is 63.4 cm³/mol. The van der Waals surface area contributed by atoms with E-state index in [9.17, 15) is 4.79 Å². The number of benzene rings is 1. The molecule has 0 aliphatic heterocycles. The van der Waals surface area contributed by atoms with Crippen LogP contribution in [0.3, 0.4) is 0 Å². The summed E-state index contributed by atoms with van der Waals surface area (Å²) >= 11 is 11.5. The van der Waals surface area contributed by atoms with Crippen LogP contribution in [-0.4, -0.2) is 23.7 Å². The van der Waals surface area contributed by atoms with Gasteiger partial charge in [-0.15, -0.1) is 11.6 Å². The molecule has 0 unspecified atom stereocenters. The van der Waals surface area contributed by atoms with Crippen LogP contribution < -0.4 is 0 Å². The van der Waals surface area contributed by atoms with Gasteiger partial charge in [0.05, 0.1) is 6.04 Å². The second-order valence-electron chi connectivity index (χ2n) is 3.34. The molecule has 1 aromatic carbocycles. The number of halogens is 2. The molecule has 0 aromatic heterocycles. The van der Waals surface area contributed by atoms with Crippen LogP contribution >= 0.6 is 23.2 Å². The SMILES string of the molecule is C[C@@H](c1ccccc1Cl)N(C)C(=O)CCl. The maximum absolute atomic E-state index is 11.4. The molecule has 1 rings (SSSR count). The first kappa shape index (κ1) is 12.3. The van der Waals surface area contributed by atoms with Crippen LogP contribution in [0.4, 0.5) is 0 Å². The van der Waals surface area contributed by atoms with Crippen molar-refractivity contribution < 1.29 is 4.79 Å². The number of alkyl halides is 1. The Labute approximate surface area is 99.8 Å². The van der Waals surface area contributed by atoms with E-state index in [1.807, 2.05) is 31.2 Å². The van der Waals surface area contributed by atoms with E-state index in [-0.39, 0.29) is 17.8 Å². The van der Waals surface area contributed by atoms with Crippen LogP contribution in [0.2, 0.25) is 5.02 Å². The van der Waals surface area contributed by atoms with Crippen molar-refractivity contribution in [3.8, 4) is 0 Å². The van der Waals surface area contributed by atoms with E-state index in [4.69, 9.17) is 23.2 Å². The average Bonchev–Trinajstić information content (AvgIpc) is 2.26. The zero-order chi connectivity index (χ0) is 11.4. The molecule has 1 atom stereocenters. The third-order valence-electron chi connectivity index (χ3n) is 2.44. The lowest BCUT2D eigenvalue weighted by atomic mass is 10.1. The van der Waals surface area contributed by atoms with Crippen LogP contribution in [0.1, 0.15) is 18.5 Å². The predicted octanol–water partition coefficient (Wildman–Crippen LogP) is 3.10. The Kier molecular flexibility index (Phi) is 4.43. The van der Waals surface area contributed by atoms with E-state index < -0.39 is 0 Å². The highest BCUT2D eigenvalue weighted by Crippen LogP contribution is 2.26. The van der Waals surface area contributed by atoms with Gasteiger partial charge in [-0.1, -0.05) is 29.8 Å². The Balaban J connectivity index is 2.89. The van der Waals surface area contributed by atoms with E-state index in [1.54, 1.807) is 11.9 Å². The van der Waals surface area contributed by atoms with Crippen molar-refractivity contribution in [1.29, 1.82) is 0 Å². The number of amides is 1. The number of carbonyl (C=O) groups excluding carboxylic acids is 1. The Bertz CT molecular complexity index is 354. The molecule has 15 heavy (non-hydrogen) atoms. The molecule has 0 fully saturated rings. The van der Waals surface area contributed by atoms with Gasteiger partial charge < -0.3 is 4.90 Å². The maximum atomic E-state index is 11.4. The number of hydrogen-bond donors (Lipinski definition) is 0. The third-order valence-corrected chi connectivity index (χ3v) is 3.02. The number of hydrogen-bond acceptors (Lipinski definition) is 1. The first-order valence-corrected chi connectivity index (χ1v) is 5.55. The van der Waals surface area contributed by atoms with Gasteiger partial charge in [-0.25, -0.2) is 0 Å². The molecule has 0 aliphatic rings. The molecule has 0 radical (unpaired) electrons. The van der Waals surface area contributed by atoms with Crippen molar-refractivity contribution in [3.63, 3.8) is 0 Å². The third kappa shape index (κ3) is 2.86. The van der Waals surface area contributed by atoms with Crippen molar-refractivity contribution in [2.75, 3.05) is 12.9 Å². The standard InChI is InChI=1S/C11H13Cl2NO/c1-8(14(2)11(15)7-12)9-5-3-4-6-10(9)13/h3-6,8H,7H2,1-2H3/t8-/m0/s1. The smallest absolute Gasteiger partial charge is 0.237 e. The second-order valence-corrected chi connectivity index (χ2v) is 4.01. The molecule has 0 saturated carbocycles. The van der Waals surface area contributed by atoms with E-state index in [2.05, 4.69) is 0 Å². The Morgan fingerprint density at radius 2 is 2.07 bits per heavy atom. The minimum absolute atomic E-state index is 0.00864. The molecular formula is C11H13Cl2NO. The monoisotopic (exact) mass is 245 g/mol. The van der Waals surface area contributed by atoms with Crippen LogP contribution in [0, 0.1) is 0 Å². The van der Waals surface area contributed by atoms with Gasteiger partial charge in [0.25, 0.3) is 0 Å². The first-order chi connectivity index (χ1) is 7.07. The van der Waals surface area contributed by atoms with Crippen LogP contribution in [0.5, 0.6) is 0 Å². The number of rotatable bonds is 3. The van der Waals surface area contributed by atoms with Crippen molar-refractivity contribution in [1.82, 2.24) is 4.90 Å². The fraction of sp³-hybridized carbons (Fsp3) is 0.364. The summed E-state index contributed by atoms with van der Waals surface area (Å²) in [5.74, 6) is -0.116. The van der Waals surface area contributed by atoms with Gasteiger partial charge >= 0.3 is 0 Å². The van der Waals surface area contributed by atoms with Gasteiger partial charge in [-0.2, -0.15) is 0 Å². The van der Waals surface area contributed by atoms with Crippen molar-refractivity contribution in [3.05, 3.63) is 34.9 Å². The fourth-order valence-electron chi connectivity index (χ4n) is 1.33. The molecule has 0 N–H and O–H groups in total. The topological polar surface area (TPSA) is 20.3 Å². The molecule has 1 amide bonds. The minimum atomic E-state index is -0.107. The Morgan fingerprint density at radius 3 is 2.60 bits per heavy atom. The van der Waals surface area contributed by atoms with Crippen LogP contribution in [-0.2, 0) is 4.79 Å². The molecule has 0 saturated heterocycles. The lowest BCUT2D eigenvalue weighted by molar-refractivity contribution is -0.129. The number of carbonyl (C=O) groups is 1. The quantitative estimate of drug-likeness (QED) is 0.750. The fourth-order valence-corrected chi connectivity index (χ4v) is 1.81. The molecule has 0 aliphatic carbocycles. The molecule has 0 spiro atoms. The van der Waals surface area contributed by atoms with Gasteiger partial charge in [-0.3, -0.25) is 4.79 Å². The van der Waals surface area contributed by atoms with Crippen molar-refractivity contribution >= 4 is 29.1 Å². The van der Waals surface area contributed by atoms with Crippen molar-refractivity contribution in [2.24, 2.45) is 0 Å². The van der Waals surface area contributed by atoms with Gasteiger partial charge in [-0.05, 0) is 18.6 Å². The first-order valence-electron chi connectivity index (χ1n) is 4.64. The molecule has 1 aromatic rings. The molecular weight excluding hydrogens is 233 g/mol. The largest absolute Gasteiger partial charge is 0.338 e. The van der Waals surface area contributed by atoms with Gasteiger partial charge in [0.1, 0.15) is 5.88 Å². The zero-order valence-electron chi connectivity index (χ0n) is 8.71. The summed E-state index contributed by atoms with van der Waals surface area (Å²) in [4.78, 5) is 13.0. The minimum Gasteiger partial charge on any atom is -0.338 e. The highest BCUT2D eigenvalue weighted by atomic mass is 35.5. The molecule has 4 heteroatoms. The lowest BCUT2D eigenvalue weighted by Gasteiger charge is -2.25. The zero-order valence-corrected chi connectivity index (χ0v) is 10.2. The van der Waals surface area contributed by atoms with Crippen LogP contribution in [0.15, 0.2) is 24.3 Å². The number of nitrogens with zero attached hydrogens (tertiary/aromatic N) is 1. The lowest BCUT2D eigenvalue weighted by Crippen LogP contribution is -2.30. The Hall–Kier alpha value is -0.730. The highest BCUT2D eigenvalue weighted by molar-refractivity contribution is 6.31. The van der Waals surface area contributed by atoms with Crippen LogP contribution in [0.25, 0.3) is 0 Å². The molecule has 0 heterocycles. The molecule has 82 valence electrons. The van der Waals surface area contributed by atoms with E-state index in [1.165, 1.54) is 0 Å². The average molecular weight is 246 g/mol. The highest BCUT2D eigenvalue weighted by Gasteiger charge is 2.17. The summed E-state index contributed by atoms with van der Waals surface area (Å²) in [6.07, 6.45) is 0. The van der Waals surface area contributed by atoms with Gasteiger partial charge in [0.15, 0.2) is 0 Å². The second kappa shape index (κ2) is 5.38. The summed E-state index contributed by atoms with van der Waals surface area (Å²) in [7, 11) is 1.72. The summed E-state index contributed by atoms with van der Waals surface area (Å²) in [5, 5.41) is 0.666. The normalized spacial score (nSPS) is 12.3.